The van der Waals surface area contributed by atoms with E-state index >= 15 is 0 Å². The van der Waals surface area contributed by atoms with Crippen molar-refractivity contribution < 1.29 is 35.9 Å². The van der Waals surface area contributed by atoms with Crippen LogP contribution in [0.4, 0.5) is 26.3 Å². The maximum absolute atomic E-state index is 14.2. The summed E-state index contributed by atoms with van der Waals surface area (Å²) in [6.07, 6.45) is -2.61. The second-order valence-corrected chi connectivity index (χ2v) is 9.18. The molecule has 8 nitrogen and oxygen atoms in total. The van der Waals surface area contributed by atoms with Gasteiger partial charge in [0.25, 0.3) is 5.91 Å². The van der Waals surface area contributed by atoms with Crippen molar-refractivity contribution in [3.63, 3.8) is 0 Å². The van der Waals surface area contributed by atoms with E-state index in [1.54, 1.807) is 6.07 Å². The van der Waals surface area contributed by atoms with Gasteiger partial charge in [-0.15, -0.1) is 0 Å². The minimum Gasteiger partial charge on any atom is -0.366 e. The van der Waals surface area contributed by atoms with E-state index in [1.165, 1.54) is 24.4 Å². The molecule has 0 saturated carbocycles. The highest BCUT2D eigenvalue weighted by atomic mass is 19.4. The molecule has 0 fully saturated rings. The van der Waals surface area contributed by atoms with Gasteiger partial charge in [-0.25, -0.2) is 13.2 Å². The SMILES string of the molecule is C=NCc1cn(CC(=O)N[C@@H](Cc2cc(F)cc(F)c2)c2ncccc2-c2ccc(F)c(C(N)=O)c2)nc1C(F)(F)F. The number of nitrogens with two attached hydrogens (primary N) is 1. The van der Waals surface area contributed by atoms with Gasteiger partial charge in [0.15, 0.2) is 5.69 Å². The lowest BCUT2D eigenvalue weighted by atomic mass is 9.94. The van der Waals surface area contributed by atoms with Crippen LogP contribution in [0.2, 0.25) is 0 Å². The number of halogens is 6. The van der Waals surface area contributed by atoms with Gasteiger partial charge in [-0.2, -0.15) is 18.3 Å². The number of rotatable bonds is 10. The molecule has 0 aliphatic heterocycles. The molecule has 0 unspecified atom stereocenters. The number of alkyl halides is 3. The van der Waals surface area contributed by atoms with E-state index < -0.39 is 59.3 Å². The van der Waals surface area contributed by atoms with Crippen LogP contribution in [0.25, 0.3) is 11.1 Å². The Kier molecular flexibility index (Phi) is 8.73. The Morgan fingerprint density at radius 3 is 2.43 bits per heavy atom. The van der Waals surface area contributed by atoms with Crippen LogP contribution in [0.5, 0.6) is 0 Å². The van der Waals surface area contributed by atoms with Gasteiger partial charge in [0.05, 0.1) is 23.8 Å². The molecule has 0 bridgehead atoms. The van der Waals surface area contributed by atoms with Gasteiger partial charge in [-0.3, -0.25) is 24.2 Å². The number of pyridine rings is 1. The molecule has 0 aliphatic carbocycles. The first-order valence-corrected chi connectivity index (χ1v) is 12.2. The summed E-state index contributed by atoms with van der Waals surface area (Å²) in [5.74, 6) is -4.44. The Labute approximate surface area is 234 Å². The second kappa shape index (κ2) is 12.2. The molecule has 3 N–H and O–H groups in total. The molecule has 1 atom stereocenters. The highest BCUT2D eigenvalue weighted by Crippen LogP contribution is 2.32. The molecule has 218 valence electrons. The lowest BCUT2D eigenvalue weighted by Crippen LogP contribution is -2.34. The number of hydrogen-bond donors (Lipinski definition) is 2. The molecule has 4 aromatic rings. The molecule has 0 saturated heterocycles. The van der Waals surface area contributed by atoms with Crippen LogP contribution in [0.1, 0.15) is 38.9 Å². The van der Waals surface area contributed by atoms with Crippen molar-refractivity contribution in [1.82, 2.24) is 20.1 Å². The van der Waals surface area contributed by atoms with Gasteiger partial charge >= 0.3 is 6.18 Å². The van der Waals surface area contributed by atoms with E-state index in [4.69, 9.17) is 5.73 Å². The molecule has 2 amide bonds. The third kappa shape index (κ3) is 7.00. The van der Waals surface area contributed by atoms with E-state index in [0.29, 0.717) is 17.2 Å². The Bertz CT molecular complexity index is 1630. The number of nitrogens with zero attached hydrogens (tertiary/aromatic N) is 4. The van der Waals surface area contributed by atoms with Crippen molar-refractivity contribution in [2.45, 2.75) is 31.7 Å². The maximum atomic E-state index is 14.2. The third-order valence-corrected chi connectivity index (χ3v) is 6.10. The molecule has 14 heteroatoms. The van der Waals surface area contributed by atoms with Gasteiger partial charge in [0.2, 0.25) is 5.91 Å². The Morgan fingerprint density at radius 1 is 1.07 bits per heavy atom. The van der Waals surface area contributed by atoms with Crippen molar-refractivity contribution in [3.05, 3.63) is 106 Å². The minimum atomic E-state index is -4.80. The lowest BCUT2D eigenvalue weighted by Gasteiger charge is -2.22. The van der Waals surface area contributed by atoms with Crippen molar-refractivity contribution >= 4 is 18.5 Å². The number of carbonyl (C=O) groups is 2. The number of amides is 2. The highest BCUT2D eigenvalue weighted by Gasteiger charge is 2.37. The molecule has 4 rings (SSSR count). The fourth-order valence-electron chi connectivity index (χ4n) is 4.41. The standard InChI is InChI=1S/C28H22F6N6O2/c1-36-12-17-13-40(39-26(17)28(32,33)34)14-24(41)38-23(9-15-7-18(29)11-19(30)8-15)25-20(3-2-6-37-25)16-4-5-22(31)21(10-16)27(35)42/h2-8,10-11,13,23H,1,9,12,14H2,(H2,35,42)(H,38,41)/t23-/m0/s1. The van der Waals surface area contributed by atoms with E-state index in [2.05, 4.69) is 27.1 Å². The van der Waals surface area contributed by atoms with Crippen molar-refractivity contribution in [2.24, 2.45) is 10.7 Å². The number of aliphatic imine (C=N–C) groups is 1. The Balaban J connectivity index is 1.72. The quantitative estimate of drug-likeness (QED) is 0.205. The van der Waals surface area contributed by atoms with Gasteiger partial charge in [-0.05, 0) is 54.6 Å². The second-order valence-electron chi connectivity index (χ2n) is 9.18. The van der Waals surface area contributed by atoms with Gasteiger partial charge in [0, 0.05) is 29.6 Å². The zero-order valence-corrected chi connectivity index (χ0v) is 21.6. The zero-order valence-electron chi connectivity index (χ0n) is 21.6. The van der Waals surface area contributed by atoms with Crippen molar-refractivity contribution in [1.29, 1.82) is 0 Å². The zero-order chi connectivity index (χ0) is 30.6. The van der Waals surface area contributed by atoms with Gasteiger partial charge < -0.3 is 11.1 Å². The van der Waals surface area contributed by atoms with E-state index in [9.17, 15) is 35.9 Å². The largest absolute Gasteiger partial charge is 0.435 e. The van der Waals surface area contributed by atoms with Crippen LogP contribution < -0.4 is 11.1 Å². The van der Waals surface area contributed by atoms with Crippen molar-refractivity contribution in [2.75, 3.05) is 0 Å². The number of primary amides is 1. The van der Waals surface area contributed by atoms with Gasteiger partial charge in [-0.1, -0.05) is 12.1 Å². The fraction of sp³-hybridized carbons (Fsp3) is 0.179. The topological polar surface area (TPSA) is 115 Å². The molecule has 0 radical (unpaired) electrons. The fourth-order valence-corrected chi connectivity index (χ4v) is 4.41. The molecule has 2 aromatic heterocycles. The first-order chi connectivity index (χ1) is 19.8. The summed E-state index contributed by atoms with van der Waals surface area (Å²) in [5.41, 5.74) is 4.27. The average Bonchev–Trinajstić information content (AvgIpc) is 3.31. The number of hydrogen-bond acceptors (Lipinski definition) is 5. The van der Waals surface area contributed by atoms with Crippen LogP contribution in [0, 0.1) is 17.5 Å². The molecule has 42 heavy (non-hydrogen) atoms. The van der Waals surface area contributed by atoms with Crippen LogP contribution in [0.15, 0.2) is 65.9 Å². The van der Waals surface area contributed by atoms with Crippen LogP contribution in [-0.4, -0.2) is 33.3 Å². The molecular formula is C28H22F6N6O2. The highest BCUT2D eigenvalue weighted by molar-refractivity contribution is 5.94. The van der Waals surface area contributed by atoms with Crippen LogP contribution in [-0.2, 0) is 30.5 Å². The first kappa shape index (κ1) is 30.0. The summed E-state index contributed by atoms with van der Waals surface area (Å²) in [6, 6.07) is 8.32. The Morgan fingerprint density at radius 2 is 1.79 bits per heavy atom. The molecular weight excluding hydrogens is 566 g/mol. The number of nitrogens with one attached hydrogen (secondary N) is 1. The van der Waals surface area contributed by atoms with Crippen molar-refractivity contribution in [3.8, 4) is 11.1 Å². The summed E-state index contributed by atoms with van der Waals surface area (Å²) in [7, 11) is 0. The predicted molar refractivity (Wildman–Crippen MR) is 140 cm³/mol. The van der Waals surface area contributed by atoms with Crippen LogP contribution >= 0.6 is 0 Å². The summed E-state index contributed by atoms with van der Waals surface area (Å²) in [5, 5.41) is 6.11. The number of carbonyl (C=O) groups excluding carboxylic acids is 2. The summed E-state index contributed by atoms with van der Waals surface area (Å²) in [6.45, 7) is 2.15. The molecule has 2 aromatic carbocycles. The van der Waals surface area contributed by atoms with Crippen LogP contribution in [0.3, 0.4) is 0 Å². The number of aromatic nitrogens is 3. The van der Waals surface area contributed by atoms with E-state index in [0.717, 1.165) is 29.1 Å². The monoisotopic (exact) mass is 588 g/mol. The van der Waals surface area contributed by atoms with E-state index in [1.807, 2.05) is 0 Å². The first-order valence-electron chi connectivity index (χ1n) is 12.2. The smallest absolute Gasteiger partial charge is 0.366 e. The third-order valence-electron chi connectivity index (χ3n) is 6.10. The number of benzene rings is 2. The Hall–Kier alpha value is -5.01. The molecule has 2 heterocycles. The summed E-state index contributed by atoms with van der Waals surface area (Å²) in [4.78, 5) is 32.6. The summed E-state index contributed by atoms with van der Waals surface area (Å²) < 4.78 is 83.2. The van der Waals surface area contributed by atoms with Gasteiger partial charge in [0.1, 0.15) is 24.0 Å². The molecule has 0 spiro atoms. The minimum absolute atomic E-state index is 0.129. The normalized spacial score (nSPS) is 12.1. The summed E-state index contributed by atoms with van der Waals surface area (Å²) >= 11 is 0. The maximum Gasteiger partial charge on any atom is 0.435 e. The van der Waals surface area contributed by atoms with E-state index in [-0.39, 0.29) is 29.8 Å². The molecule has 0 aliphatic rings. The predicted octanol–water partition coefficient (Wildman–Crippen LogP) is 4.78. The average molecular weight is 589 g/mol. The lowest BCUT2D eigenvalue weighted by molar-refractivity contribution is -0.142.